The molecule has 1 aliphatic rings. The fourth-order valence-electron chi connectivity index (χ4n) is 3.76. The molecule has 0 saturated heterocycles. The number of amides is 1. The first-order valence-corrected chi connectivity index (χ1v) is 10.6. The van der Waals surface area contributed by atoms with Crippen molar-refractivity contribution < 1.29 is 28.7 Å². The Morgan fingerprint density at radius 3 is 2.60 bits per heavy atom. The molecular formula is C24H24N4O7. The number of nitro benzene ring substituents is 1. The van der Waals surface area contributed by atoms with Gasteiger partial charge in [0.25, 0.3) is 5.69 Å². The average molecular weight is 480 g/mol. The highest BCUT2D eigenvalue weighted by Gasteiger charge is 2.23. The summed E-state index contributed by atoms with van der Waals surface area (Å²) in [5.74, 6) is 1.73. The van der Waals surface area contributed by atoms with E-state index in [0.717, 1.165) is 0 Å². The molecule has 0 unspecified atom stereocenters. The van der Waals surface area contributed by atoms with E-state index in [4.69, 9.17) is 18.9 Å². The molecule has 3 aromatic rings. The number of imidazole rings is 1. The van der Waals surface area contributed by atoms with Gasteiger partial charge in [0.2, 0.25) is 5.91 Å². The third-order valence-corrected chi connectivity index (χ3v) is 5.46. The minimum atomic E-state index is -0.625. The summed E-state index contributed by atoms with van der Waals surface area (Å²) < 4.78 is 23.3. The number of aryl methyl sites for hydroxylation is 1. The molecule has 2 heterocycles. The molecule has 2 aromatic carbocycles. The van der Waals surface area contributed by atoms with Crippen LogP contribution in [0.4, 0.5) is 5.69 Å². The molecule has 0 fully saturated rings. The van der Waals surface area contributed by atoms with Crippen LogP contribution in [0.5, 0.6) is 17.2 Å². The van der Waals surface area contributed by atoms with Gasteiger partial charge < -0.3 is 28.8 Å². The number of nitro groups is 1. The van der Waals surface area contributed by atoms with Crippen molar-refractivity contribution in [2.45, 2.75) is 12.6 Å². The number of nitrogens with zero attached hydrogens (tertiary/aromatic N) is 3. The standard InChI is InChI=1S/C24H24N4O7/c1-27-7-6-25-24(27)22(16-10-19(32-2)12-20(11-16)33-3)26-21(29)5-4-15-8-18(28(30)31)9-17-13-34-14-35-23(15)17/h4-12,22H,13-14H2,1-3H3,(H,26,29)/b5-4+/t22-/m0/s1. The molecule has 0 aliphatic carbocycles. The summed E-state index contributed by atoms with van der Waals surface area (Å²) >= 11 is 0. The molecule has 0 bridgehead atoms. The molecule has 35 heavy (non-hydrogen) atoms. The third kappa shape index (κ3) is 5.25. The van der Waals surface area contributed by atoms with E-state index in [0.29, 0.717) is 39.8 Å². The van der Waals surface area contributed by atoms with Gasteiger partial charge in [0.1, 0.15) is 29.1 Å². The number of ether oxygens (including phenoxy) is 4. The number of non-ortho nitro benzene ring substituents is 1. The lowest BCUT2D eigenvalue weighted by atomic mass is 10.0. The Labute approximate surface area is 201 Å². The Morgan fingerprint density at radius 2 is 1.97 bits per heavy atom. The van der Waals surface area contributed by atoms with Gasteiger partial charge in [0.15, 0.2) is 6.79 Å². The van der Waals surface area contributed by atoms with E-state index in [1.54, 1.807) is 49.4 Å². The first-order chi connectivity index (χ1) is 16.9. The Balaban J connectivity index is 1.66. The van der Waals surface area contributed by atoms with Crippen molar-refractivity contribution in [1.82, 2.24) is 14.9 Å². The number of nitrogens with one attached hydrogen (secondary N) is 1. The molecule has 1 aliphatic heterocycles. The van der Waals surface area contributed by atoms with Crippen molar-refractivity contribution in [3.05, 3.63) is 81.4 Å². The molecule has 1 atom stereocenters. The zero-order valence-electron chi connectivity index (χ0n) is 19.4. The lowest BCUT2D eigenvalue weighted by molar-refractivity contribution is -0.385. The minimum Gasteiger partial charge on any atom is -0.497 e. The summed E-state index contributed by atoms with van der Waals surface area (Å²) in [5.41, 5.74) is 1.53. The molecule has 11 heteroatoms. The molecular weight excluding hydrogens is 456 g/mol. The summed E-state index contributed by atoms with van der Waals surface area (Å²) in [6, 6.07) is 7.44. The average Bonchev–Trinajstić information content (AvgIpc) is 3.30. The van der Waals surface area contributed by atoms with Crippen LogP contribution in [-0.2, 0) is 23.2 Å². The lowest BCUT2D eigenvalue weighted by Crippen LogP contribution is -2.29. The Bertz CT molecular complexity index is 1260. The van der Waals surface area contributed by atoms with Crippen LogP contribution in [0.15, 0.2) is 48.8 Å². The highest BCUT2D eigenvalue weighted by molar-refractivity contribution is 5.92. The molecule has 1 amide bonds. The monoisotopic (exact) mass is 480 g/mol. The molecule has 11 nitrogen and oxygen atoms in total. The van der Waals surface area contributed by atoms with Gasteiger partial charge in [-0.15, -0.1) is 0 Å². The Hall–Kier alpha value is -4.38. The van der Waals surface area contributed by atoms with Crippen LogP contribution >= 0.6 is 0 Å². The van der Waals surface area contributed by atoms with Crippen molar-refractivity contribution >= 4 is 17.7 Å². The first kappa shape index (κ1) is 23.8. The largest absolute Gasteiger partial charge is 0.497 e. The molecule has 182 valence electrons. The van der Waals surface area contributed by atoms with E-state index in [9.17, 15) is 14.9 Å². The van der Waals surface area contributed by atoms with Crippen molar-refractivity contribution in [2.75, 3.05) is 21.0 Å². The van der Waals surface area contributed by atoms with Crippen LogP contribution in [0.1, 0.15) is 28.6 Å². The molecule has 0 radical (unpaired) electrons. The summed E-state index contributed by atoms with van der Waals surface area (Å²) in [6.07, 6.45) is 6.19. The number of hydrogen-bond donors (Lipinski definition) is 1. The smallest absolute Gasteiger partial charge is 0.270 e. The van der Waals surface area contributed by atoms with Gasteiger partial charge in [-0.05, 0) is 23.8 Å². The summed E-state index contributed by atoms with van der Waals surface area (Å²) in [6.45, 7) is 0.208. The topological polar surface area (TPSA) is 127 Å². The highest BCUT2D eigenvalue weighted by Crippen LogP contribution is 2.34. The van der Waals surface area contributed by atoms with Crippen LogP contribution in [-0.4, -0.2) is 41.4 Å². The van der Waals surface area contributed by atoms with Crippen molar-refractivity contribution in [3.8, 4) is 17.2 Å². The quantitative estimate of drug-likeness (QED) is 0.296. The minimum absolute atomic E-state index is 0.0246. The molecule has 1 aromatic heterocycles. The van der Waals surface area contributed by atoms with Gasteiger partial charge >= 0.3 is 0 Å². The maximum absolute atomic E-state index is 13.0. The second-order valence-corrected chi connectivity index (χ2v) is 7.71. The van der Waals surface area contributed by atoms with E-state index in [1.807, 2.05) is 7.05 Å². The second kappa shape index (κ2) is 10.3. The molecule has 4 rings (SSSR count). The van der Waals surface area contributed by atoms with Crippen molar-refractivity contribution in [2.24, 2.45) is 7.05 Å². The van der Waals surface area contributed by atoms with Gasteiger partial charge in [0.05, 0.1) is 25.7 Å². The Kier molecular flexibility index (Phi) is 6.97. The van der Waals surface area contributed by atoms with Gasteiger partial charge in [0, 0.05) is 54.8 Å². The number of fused-ring (bicyclic) bond motifs is 1. The molecule has 0 spiro atoms. The second-order valence-electron chi connectivity index (χ2n) is 7.71. The van der Waals surface area contributed by atoms with E-state index >= 15 is 0 Å². The zero-order valence-corrected chi connectivity index (χ0v) is 19.4. The fraction of sp³-hybridized carbons (Fsp3) is 0.250. The SMILES string of the molecule is COc1cc(OC)cc([C@H](NC(=O)/C=C/c2cc([N+](=O)[O-])cc3c2OCOC3)c2nccn2C)c1. The van der Waals surface area contributed by atoms with Crippen molar-refractivity contribution in [3.63, 3.8) is 0 Å². The van der Waals surface area contributed by atoms with Gasteiger partial charge in [-0.2, -0.15) is 0 Å². The first-order valence-electron chi connectivity index (χ1n) is 10.6. The maximum atomic E-state index is 13.0. The number of aromatic nitrogens is 2. The van der Waals surface area contributed by atoms with E-state index in [-0.39, 0.29) is 19.1 Å². The van der Waals surface area contributed by atoms with Crippen LogP contribution in [0, 0.1) is 10.1 Å². The maximum Gasteiger partial charge on any atom is 0.270 e. The number of methoxy groups -OCH3 is 2. The predicted molar refractivity (Wildman–Crippen MR) is 125 cm³/mol. The number of hydrogen-bond acceptors (Lipinski definition) is 8. The summed E-state index contributed by atoms with van der Waals surface area (Å²) in [5, 5.41) is 14.3. The number of rotatable bonds is 8. The highest BCUT2D eigenvalue weighted by atomic mass is 16.7. The van der Waals surface area contributed by atoms with Crippen LogP contribution in [0.2, 0.25) is 0 Å². The van der Waals surface area contributed by atoms with Crippen molar-refractivity contribution in [1.29, 1.82) is 0 Å². The lowest BCUT2D eigenvalue weighted by Gasteiger charge is -2.20. The van der Waals surface area contributed by atoms with Crippen LogP contribution in [0.3, 0.4) is 0 Å². The number of carbonyl (C=O) groups excluding carboxylic acids is 1. The van der Waals surface area contributed by atoms with Gasteiger partial charge in [-0.3, -0.25) is 14.9 Å². The third-order valence-electron chi connectivity index (χ3n) is 5.46. The molecule has 0 saturated carbocycles. The van der Waals surface area contributed by atoms with Crippen LogP contribution < -0.4 is 19.5 Å². The van der Waals surface area contributed by atoms with Crippen LogP contribution in [0.25, 0.3) is 6.08 Å². The van der Waals surface area contributed by atoms with E-state index < -0.39 is 16.9 Å². The summed E-state index contributed by atoms with van der Waals surface area (Å²) in [7, 11) is 4.91. The Morgan fingerprint density at radius 1 is 1.23 bits per heavy atom. The zero-order chi connectivity index (χ0) is 24.9. The van der Waals surface area contributed by atoms with E-state index in [1.165, 1.54) is 24.3 Å². The number of carbonyl (C=O) groups is 1. The fourth-order valence-corrected chi connectivity index (χ4v) is 3.76. The summed E-state index contributed by atoms with van der Waals surface area (Å²) in [4.78, 5) is 28.2. The van der Waals surface area contributed by atoms with E-state index in [2.05, 4.69) is 10.3 Å². The normalized spacial score (nSPS) is 13.6. The van der Waals surface area contributed by atoms with Gasteiger partial charge in [-0.1, -0.05) is 0 Å². The molecule has 1 N–H and O–H groups in total. The van der Waals surface area contributed by atoms with Gasteiger partial charge in [-0.25, -0.2) is 4.98 Å². The number of benzene rings is 2. The predicted octanol–water partition coefficient (Wildman–Crippen LogP) is 3.13.